The molecule has 2 atom stereocenters. The summed E-state index contributed by atoms with van der Waals surface area (Å²) in [5.74, 6) is 3.01. The molecule has 0 bridgehead atoms. The second-order valence-electron chi connectivity index (χ2n) is 7.14. The first-order valence-electron chi connectivity index (χ1n) is 8.34. The van der Waals surface area contributed by atoms with Gasteiger partial charge in [0.25, 0.3) is 0 Å². The number of rotatable bonds is 5. The molecule has 1 saturated carbocycles. The van der Waals surface area contributed by atoms with E-state index in [-0.39, 0.29) is 0 Å². The van der Waals surface area contributed by atoms with E-state index in [1.165, 1.54) is 12.8 Å². The van der Waals surface area contributed by atoms with Crippen LogP contribution >= 0.6 is 0 Å². The Morgan fingerprint density at radius 1 is 1.25 bits per heavy atom. The van der Waals surface area contributed by atoms with Gasteiger partial charge in [0.1, 0.15) is 5.78 Å². The standard InChI is InChI=1S/C17H31NO2/c1-13(2)15-4-5-17(19)16(10-15)11-18-8-6-14(7-9-18)12-20-3/h13-16H,4-12H2,1-3H3. The van der Waals surface area contributed by atoms with Gasteiger partial charge in [0, 0.05) is 32.6 Å². The number of carbonyl (C=O) groups excluding carboxylic acids is 1. The van der Waals surface area contributed by atoms with Gasteiger partial charge in [0.2, 0.25) is 0 Å². The van der Waals surface area contributed by atoms with Crippen LogP contribution in [0.4, 0.5) is 0 Å². The number of piperidine rings is 1. The summed E-state index contributed by atoms with van der Waals surface area (Å²) < 4.78 is 5.25. The second kappa shape index (κ2) is 7.56. The van der Waals surface area contributed by atoms with Crippen molar-refractivity contribution in [3.8, 4) is 0 Å². The van der Waals surface area contributed by atoms with E-state index in [0.717, 1.165) is 63.3 Å². The Bertz CT molecular complexity index is 308. The minimum Gasteiger partial charge on any atom is -0.384 e. The number of carbonyl (C=O) groups is 1. The van der Waals surface area contributed by atoms with Gasteiger partial charge >= 0.3 is 0 Å². The molecule has 2 rings (SSSR count). The molecule has 20 heavy (non-hydrogen) atoms. The zero-order valence-corrected chi connectivity index (χ0v) is 13.4. The van der Waals surface area contributed by atoms with Gasteiger partial charge < -0.3 is 9.64 Å². The van der Waals surface area contributed by atoms with Gasteiger partial charge in [-0.1, -0.05) is 13.8 Å². The first kappa shape index (κ1) is 16.0. The average Bonchev–Trinajstić information content (AvgIpc) is 2.43. The SMILES string of the molecule is COCC1CCN(CC2CC(C(C)C)CCC2=O)CC1. The quantitative estimate of drug-likeness (QED) is 0.776. The molecule has 1 heterocycles. The number of methoxy groups -OCH3 is 1. The molecule has 116 valence electrons. The Balaban J connectivity index is 1.79. The van der Waals surface area contributed by atoms with Crippen molar-refractivity contribution >= 4 is 5.78 Å². The maximum Gasteiger partial charge on any atom is 0.137 e. The highest BCUT2D eigenvalue weighted by molar-refractivity contribution is 5.82. The largest absolute Gasteiger partial charge is 0.384 e. The van der Waals surface area contributed by atoms with Gasteiger partial charge in [0.15, 0.2) is 0 Å². The molecule has 1 aliphatic carbocycles. The van der Waals surface area contributed by atoms with Gasteiger partial charge in [0.05, 0.1) is 0 Å². The average molecular weight is 281 g/mol. The Morgan fingerprint density at radius 3 is 2.55 bits per heavy atom. The van der Waals surface area contributed by atoms with Crippen LogP contribution in [0.15, 0.2) is 0 Å². The van der Waals surface area contributed by atoms with E-state index >= 15 is 0 Å². The molecule has 0 amide bonds. The Hall–Kier alpha value is -0.410. The molecule has 1 saturated heterocycles. The summed E-state index contributed by atoms with van der Waals surface area (Å²) in [6, 6.07) is 0. The summed E-state index contributed by atoms with van der Waals surface area (Å²) in [5, 5.41) is 0. The molecular formula is C17H31NO2. The van der Waals surface area contributed by atoms with Gasteiger partial charge in [-0.3, -0.25) is 4.79 Å². The molecule has 0 N–H and O–H groups in total. The predicted octanol–water partition coefficient (Wildman–Crippen LogP) is 2.99. The summed E-state index contributed by atoms with van der Waals surface area (Å²) >= 11 is 0. The minimum absolute atomic E-state index is 0.301. The second-order valence-corrected chi connectivity index (χ2v) is 7.14. The molecule has 3 heteroatoms. The number of nitrogens with zero attached hydrogens (tertiary/aromatic N) is 1. The number of hydrogen-bond acceptors (Lipinski definition) is 3. The molecule has 0 aromatic rings. The van der Waals surface area contributed by atoms with Crippen LogP contribution in [0.25, 0.3) is 0 Å². The van der Waals surface area contributed by atoms with Crippen LogP contribution in [0.5, 0.6) is 0 Å². The summed E-state index contributed by atoms with van der Waals surface area (Å²) in [7, 11) is 1.79. The molecular weight excluding hydrogens is 250 g/mol. The van der Waals surface area contributed by atoms with E-state index in [1.54, 1.807) is 7.11 Å². The molecule has 3 nitrogen and oxygen atoms in total. The van der Waals surface area contributed by atoms with Crippen LogP contribution in [-0.2, 0) is 9.53 Å². The highest BCUT2D eigenvalue weighted by Crippen LogP contribution is 2.32. The summed E-state index contributed by atoms with van der Waals surface area (Å²) in [6.07, 6.45) is 5.50. The van der Waals surface area contributed by atoms with E-state index in [1.807, 2.05) is 0 Å². The van der Waals surface area contributed by atoms with Crippen molar-refractivity contribution in [2.24, 2.45) is 23.7 Å². The van der Waals surface area contributed by atoms with Crippen LogP contribution < -0.4 is 0 Å². The summed E-state index contributed by atoms with van der Waals surface area (Å²) in [5.41, 5.74) is 0. The van der Waals surface area contributed by atoms with Crippen molar-refractivity contribution in [3.63, 3.8) is 0 Å². The van der Waals surface area contributed by atoms with Crippen LogP contribution in [0.1, 0.15) is 46.0 Å². The first-order valence-corrected chi connectivity index (χ1v) is 8.34. The highest BCUT2D eigenvalue weighted by Gasteiger charge is 2.32. The molecule has 0 aromatic carbocycles. The van der Waals surface area contributed by atoms with E-state index in [2.05, 4.69) is 18.7 Å². The van der Waals surface area contributed by atoms with Gasteiger partial charge in [-0.25, -0.2) is 0 Å². The minimum atomic E-state index is 0.301. The van der Waals surface area contributed by atoms with E-state index in [4.69, 9.17) is 4.74 Å². The lowest BCUT2D eigenvalue weighted by Crippen LogP contribution is -2.42. The molecule has 2 unspecified atom stereocenters. The predicted molar refractivity (Wildman–Crippen MR) is 81.7 cm³/mol. The maximum absolute atomic E-state index is 12.2. The van der Waals surface area contributed by atoms with Crippen molar-refractivity contribution in [1.82, 2.24) is 4.90 Å². The third-order valence-corrected chi connectivity index (χ3v) is 5.34. The number of Topliss-reactive ketones (excluding diaryl/α,β-unsaturated/α-hetero) is 1. The molecule has 2 aliphatic rings. The Morgan fingerprint density at radius 2 is 1.95 bits per heavy atom. The monoisotopic (exact) mass is 281 g/mol. The van der Waals surface area contributed by atoms with Crippen molar-refractivity contribution < 1.29 is 9.53 Å². The molecule has 1 aliphatic heterocycles. The molecule has 0 aromatic heterocycles. The van der Waals surface area contributed by atoms with Gasteiger partial charge in [-0.15, -0.1) is 0 Å². The topological polar surface area (TPSA) is 29.5 Å². The Labute approximate surface area is 124 Å². The zero-order valence-electron chi connectivity index (χ0n) is 13.4. The molecule has 0 spiro atoms. The number of ketones is 1. The maximum atomic E-state index is 12.2. The van der Waals surface area contributed by atoms with Crippen LogP contribution in [0.2, 0.25) is 0 Å². The van der Waals surface area contributed by atoms with Crippen LogP contribution in [0, 0.1) is 23.7 Å². The lowest BCUT2D eigenvalue weighted by Gasteiger charge is -2.37. The van der Waals surface area contributed by atoms with Gasteiger partial charge in [-0.2, -0.15) is 0 Å². The fraction of sp³-hybridized carbons (Fsp3) is 0.941. The fourth-order valence-electron chi connectivity index (χ4n) is 3.81. The van der Waals surface area contributed by atoms with Gasteiger partial charge in [-0.05, 0) is 56.5 Å². The molecule has 2 fully saturated rings. The lowest BCUT2D eigenvalue weighted by atomic mass is 9.75. The summed E-state index contributed by atoms with van der Waals surface area (Å²) in [4.78, 5) is 14.7. The van der Waals surface area contributed by atoms with Crippen molar-refractivity contribution in [3.05, 3.63) is 0 Å². The van der Waals surface area contributed by atoms with Crippen LogP contribution in [0.3, 0.4) is 0 Å². The number of ether oxygens (including phenoxy) is 1. The number of likely N-dealkylation sites (tertiary alicyclic amines) is 1. The van der Waals surface area contributed by atoms with E-state index in [0.29, 0.717) is 11.7 Å². The lowest BCUT2D eigenvalue weighted by molar-refractivity contribution is -0.126. The first-order chi connectivity index (χ1) is 9.60. The zero-order chi connectivity index (χ0) is 14.5. The Kier molecular flexibility index (Phi) is 6.03. The van der Waals surface area contributed by atoms with E-state index < -0.39 is 0 Å². The molecule has 0 radical (unpaired) electrons. The fourth-order valence-corrected chi connectivity index (χ4v) is 3.81. The third kappa shape index (κ3) is 4.29. The van der Waals surface area contributed by atoms with Crippen molar-refractivity contribution in [2.75, 3.05) is 33.4 Å². The number of hydrogen-bond donors (Lipinski definition) is 0. The normalized spacial score (nSPS) is 30.1. The smallest absolute Gasteiger partial charge is 0.137 e. The van der Waals surface area contributed by atoms with Crippen molar-refractivity contribution in [1.29, 1.82) is 0 Å². The van der Waals surface area contributed by atoms with E-state index in [9.17, 15) is 4.79 Å². The van der Waals surface area contributed by atoms with Crippen LogP contribution in [-0.4, -0.2) is 44.0 Å². The summed E-state index contributed by atoms with van der Waals surface area (Å²) in [6.45, 7) is 8.78. The highest BCUT2D eigenvalue weighted by atomic mass is 16.5. The van der Waals surface area contributed by atoms with Crippen molar-refractivity contribution in [2.45, 2.75) is 46.0 Å². The third-order valence-electron chi connectivity index (χ3n) is 5.34.